The van der Waals surface area contributed by atoms with Crippen molar-refractivity contribution in [1.29, 1.82) is 0 Å². The topological polar surface area (TPSA) is 53.1 Å². The van der Waals surface area contributed by atoms with E-state index in [1.807, 2.05) is 4.68 Å². The fraction of sp³-hybridized carbons (Fsp3) is 0.727. The zero-order valence-electron chi connectivity index (χ0n) is 9.49. The lowest BCUT2D eigenvalue weighted by Crippen LogP contribution is -2.12. The molecule has 1 atom stereocenters. The summed E-state index contributed by atoms with van der Waals surface area (Å²) in [6.07, 6.45) is 2.54. The first-order chi connectivity index (χ1) is 7.24. The number of rotatable bonds is 3. The Balaban J connectivity index is 2.29. The molecule has 0 aliphatic carbocycles. The van der Waals surface area contributed by atoms with E-state index in [2.05, 4.69) is 18.9 Å². The minimum Gasteiger partial charge on any atom is -0.373 e. The van der Waals surface area contributed by atoms with Crippen LogP contribution in [0.4, 0.5) is 0 Å². The molecule has 0 amide bonds. The Labute approximate surface area is 90.4 Å². The van der Waals surface area contributed by atoms with Crippen molar-refractivity contribution >= 4 is 0 Å². The highest BCUT2D eigenvalue weighted by molar-refractivity contribution is 5.27. The normalized spacial score (nSPS) is 21.1. The summed E-state index contributed by atoms with van der Waals surface area (Å²) in [5.41, 5.74) is 9.13. The van der Waals surface area contributed by atoms with Crippen molar-refractivity contribution in [2.75, 3.05) is 13.2 Å². The molecule has 1 aromatic heterocycles. The molecule has 0 radical (unpaired) electrons. The molecule has 1 aliphatic rings. The molecule has 1 aromatic rings. The van der Waals surface area contributed by atoms with Crippen molar-refractivity contribution in [3.63, 3.8) is 0 Å². The highest BCUT2D eigenvalue weighted by Crippen LogP contribution is 2.32. The van der Waals surface area contributed by atoms with Crippen LogP contribution >= 0.6 is 0 Å². The van der Waals surface area contributed by atoms with Gasteiger partial charge >= 0.3 is 0 Å². The third-order valence-corrected chi connectivity index (χ3v) is 3.03. The van der Waals surface area contributed by atoms with Gasteiger partial charge in [0.2, 0.25) is 0 Å². The second-order valence-corrected chi connectivity index (χ2v) is 4.10. The van der Waals surface area contributed by atoms with Gasteiger partial charge in [0.05, 0.1) is 18.3 Å². The summed E-state index contributed by atoms with van der Waals surface area (Å²) >= 11 is 0. The van der Waals surface area contributed by atoms with Crippen LogP contribution in [-0.2, 0) is 11.3 Å². The van der Waals surface area contributed by atoms with E-state index in [0.717, 1.165) is 31.7 Å². The zero-order chi connectivity index (χ0) is 10.8. The molecule has 15 heavy (non-hydrogen) atoms. The number of nitrogens with two attached hydrogens (primary N) is 1. The molecule has 2 N–H and O–H groups in total. The fourth-order valence-corrected chi connectivity index (χ4v) is 2.32. The van der Waals surface area contributed by atoms with E-state index in [4.69, 9.17) is 10.5 Å². The molecule has 2 heterocycles. The van der Waals surface area contributed by atoms with Crippen LogP contribution in [0.5, 0.6) is 0 Å². The summed E-state index contributed by atoms with van der Waals surface area (Å²) in [5.74, 6) is 0. The van der Waals surface area contributed by atoms with Crippen molar-refractivity contribution in [2.45, 2.75) is 39.3 Å². The van der Waals surface area contributed by atoms with Gasteiger partial charge in [0.15, 0.2) is 0 Å². The summed E-state index contributed by atoms with van der Waals surface area (Å²) in [5, 5.41) is 4.50. The highest BCUT2D eigenvalue weighted by atomic mass is 16.5. The monoisotopic (exact) mass is 209 g/mol. The standard InChI is InChI=1S/C11H19N3O/c1-8-11(10-4-3-7-15-10)9(2)14(13-8)6-5-12/h10H,3-7,12H2,1-2H3. The number of hydrogen-bond acceptors (Lipinski definition) is 3. The van der Waals surface area contributed by atoms with Crippen LogP contribution in [0.15, 0.2) is 0 Å². The first-order valence-corrected chi connectivity index (χ1v) is 5.59. The molecule has 0 bridgehead atoms. The summed E-state index contributed by atoms with van der Waals surface area (Å²) < 4.78 is 7.70. The van der Waals surface area contributed by atoms with Crippen molar-refractivity contribution in [1.82, 2.24) is 9.78 Å². The first-order valence-electron chi connectivity index (χ1n) is 5.59. The van der Waals surface area contributed by atoms with E-state index in [1.54, 1.807) is 0 Å². The largest absolute Gasteiger partial charge is 0.373 e. The van der Waals surface area contributed by atoms with E-state index in [0.29, 0.717) is 6.54 Å². The smallest absolute Gasteiger partial charge is 0.0861 e. The average molecular weight is 209 g/mol. The molecule has 2 rings (SSSR count). The highest BCUT2D eigenvalue weighted by Gasteiger charge is 2.24. The van der Waals surface area contributed by atoms with E-state index in [9.17, 15) is 0 Å². The minimum atomic E-state index is 0.261. The average Bonchev–Trinajstić information content (AvgIpc) is 2.77. The van der Waals surface area contributed by atoms with Crippen LogP contribution in [0.25, 0.3) is 0 Å². The maximum atomic E-state index is 5.71. The van der Waals surface area contributed by atoms with Crippen LogP contribution in [-0.4, -0.2) is 22.9 Å². The van der Waals surface area contributed by atoms with Crippen LogP contribution < -0.4 is 5.73 Å². The third kappa shape index (κ3) is 1.92. The summed E-state index contributed by atoms with van der Waals surface area (Å²) in [4.78, 5) is 0. The van der Waals surface area contributed by atoms with Crippen molar-refractivity contribution in [3.05, 3.63) is 17.0 Å². The Morgan fingerprint density at radius 3 is 2.93 bits per heavy atom. The Kier molecular flexibility index (Phi) is 3.07. The predicted molar refractivity (Wildman–Crippen MR) is 58.7 cm³/mol. The van der Waals surface area contributed by atoms with Crippen LogP contribution in [0, 0.1) is 13.8 Å². The van der Waals surface area contributed by atoms with Gasteiger partial charge < -0.3 is 10.5 Å². The number of aryl methyl sites for hydroxylation is 1. The molecule has 0 aromatic carbocycles. The van der Waals surface area contributed by atoms with E-state index >= 15 is 0 Å². The molecule has 1 aliphatic heterocycles. The third-order valence-electron chi connectivity index (χ3n) is 3.03. The second-order valence-electron chi connectivity index (χ2n) is 4.10. The van der Waals surface area contributed by atoms with Gasteiger partial charge in [-0.25, -0.2) is 0 Å². The second kappa shape index (κ2) is 4.33. The van der Waals surface area contributed by atoms with E-state index in [-0.39, 0.29) is 6.10 Å². The Bertz CT molecular complexity index is 340. The zero-order valence-corrected chi connectivity index (χ0v) is 9.49. The Hall–Kier alpha value is -0.870. The van der Waals surface area contributed by atoms with Gasteiger partial charge in [0.1, 0.15) is 0 Å². The Morgan fingerprint density at radius 2 is 2.33 bits per heavy atom. The van der Waals surface area contributed by atoms with Gasteiger partial charge in [-0.15, -0.1) is 0 Å². The summed E-state index contributed by atoms with van der Waals surface area (Å²) in [6, 6.07) is 0. The first kappa shape index (κ1) is 10.6. The lowest BCUT2D eigenvalue weighted by Gasteiger charge is -2.10. The number of hydrogen-bond donors (Lipinski definition) is 1. The number of nitrogens with zero attached hydrogens (tertiary/aromatic N) is 2. The predicted octanol–water partition coefficient (Wildman–Crippen LogP) is 1.31. The van der Waals surface area contributed by atoms with Gasteiger partial charge in [0.25, 0.3) is 0 Å². The minimum absolute atomic E-state index is 0.261. The van der Waals surface area contributed by atoms with Gasteiger partial charge in [0, 0.05) is 24.4 Å². The van der Waals surface area contributed by atoms with Crippen LogP contribution in [0.3, 0.4) is 0 Å². The van der Waals surface area contributed by atoms with Crippen LogP contribution in [0.1, 0.15) is 35.9 Å². The molecule has 4 heteroatoms. The summed E-state index contributed by atoms with van der Waals surface area (Å²) in [7, 11) is 0. The van der Waals surface area contributed by atoms with Crippen molar-refractivity contribution in [3.8, 4) is 0 Å². The van der Waals surface area contributed by atoms with E-state index in [1.165, 1.54) is 11.3 Å². The van der Waals surface area contributed by atoms with Crippen molar-refractivity contribution in [2.24, 2.45) is 5.73 Å². The van der Waals surface area contributed by atoms with Gasteiger partial charge in [-0.2, -0.15) is 5.10 Å². The molecule has 84 valence electrons. The van der Waals surface area contributed by atoms with Crippen LogP contribution in [0.2, 0.25) is 0 Å². The summed E-state index contributed by atoms with van der Waals surface area (Å²) in [6.45, 7) is 6.46. The number of aromatic nitrogens is 2. The van der Waals surface area contributed by atoms with Gasteiger partial charge in [-0.3, -0.25) is 4.68 Å². The SMILES string of the molecule is Cc1nn(CCN)c(C)c1C1CCCO1. The molecule has 0 spiro atoms. The molecular formula is C11H19N3O. The molecule has 1 fully saturated rings. The quantitative estimate of drug-likeness (QED) is 0.816. The molecular weight excluding hydrogens is 190 g/mol. The molecule has 1 unspecified atom stereocenters. The lowest BCUT2D eigenvalue weighted by molar-refractivity contribution is 0.111. The van der Waals surface area contributed by atoms with Gasteiger partial charge in [-0.05, 0) is 26.7 Å². The Morgan fingerprint density at radius 1 is 1.53 bits per heavy atom. The van der Waals surface area contributed by atoms with Gasteiger partial charge in [-0.1, -0.05) is 0 Å². The van der Waals surface area contributed by atoms with Crippen molar-refractivity contribution < 1.29 is 4.74 Å². The molecule has 0 saturated carbocycles. The maximum absolute atomic E-state index is 5.71. The number of ether oxygens (including phenoxy) is 1. The fourth-order valence-electron chi connectivity index (χ4n) is 2.32. The lowest BCUT2D eigenvalue weighted by atomic mass is 10.1. The molecule has 1 saturated heterocycles. The van der Waals surface area contributed by atoms with E-state index < -0.39 is 0 Å². The maximum Gasteiger partial charge on any atom is 0.0861 e. The molecule has 4 nitrogen and oxygen atoms in total.